The molecule has 0 aliphatic heterocycles. The average molecular weight is 815 g/mol. The van der Waals surface area contributed by atoms with Crippen molar-refractivity contribution in [2.24, 2.45) is 0 Å². The molecule has 0 N–H and O–H groups in total. The lowest BCUT2D eigenvalue weighted by atomic mass is 10.0. The summed E-state index contributed by atoms with van der Waals surface area (Å²) >= 11 is 0. The second kappa shape index (κ2) is 47.3. The van der Waals surface area contributed by atoms with Gasteiger partial charge < -0.3 is 14.2 Å². The lowest BCUT2D eigenvalue weighted by Gasteiger charge is -2.18. The summed E-state index contributed by atoms with van der Waals surface area (Å²) in [7, 11) is 0. The number of hydrogen-bond donors (Lipinski definition) is 0. The quantitative estimate of drug-likeness (QED) is 0.0264. The zero-order valence-electron chi connectivity index (χ0n) is 38.6. The summed E-state index contributed by atoms with van der Waals surface area (Å²) in [5.74, 6) is -0.893. The predicted octanol–water partition coefficient (Wildman–Crippen LogP) is 16.1. The summed E-state index contributed by atoms with van der Waals surface area (Å²) in [6.45, 7) is 6.57. The minimum Gasteiger partial charge on any atom is -0.462 e. The third-order valence-corrected chi connectivity index (χ3v) is 10.9. The van der Waals surface area contributed by atoms with Gasteiger partial charge in [-0.15, -0.1) is 0 Å². The number of rotatable bonds is 45. The Bertz CT molecular complexity index is 984. The van der Waals surface area contributed by atoms with Gasteiger partial charge in [0.1, 0.15) is 13.2 Å². The van der Waals surface area contributed by atoms with Crippen LogP contribution in [-0.2, 0) is 28.6 Å². The van der Waals surface area contributed by atoms with Crippen LogP contribution in [-0.4, -0.2) is 37.2 Å². The first kappa shape index (κ1) is 55.6. The molecule has 0 aromatic heterocycles. The van der Waals surface area contributed by atoms with E-state index in [-0.39, 0.29) is 31.1 Å². The standard InChI is InChI=1S/C52H94O6/c1-4-7-10-13-16-19-22-25-27-30-33-36-39-42-45-51(54)57-48-49(47-56-50(53)44-41-38-35-32-29-24-21-18-15-12-9-6-3)58-52(55)46-43-40-37-34-31-28-26-23-20-17-14-11-8-5-2/h13,16,18,21-22,25,49H,4-12,14-15,17,19-20,23-24,26-48H2,1-3H3/b16-13-,21-18-,25-22-. The molecule has 58 heavy (non-hydrogen) atoms. The topological polar surface area (TPSA) is 78.9 Å². The number of esters is 3. The van der Waals surface area contributed by atoms with Gasteiger partial charge >= 0.3 is 17.9 Å². The molecule has 0 radical (unpaired) electrons. The molecule has 0 spiro atoms. The first-order chi connectivity index (χ1) is 28.5. The average Bonchev–Trinajstić information content (AvgIpc) is 3.22. The van der Waals surface area contributed by atoms with Gasteiger partial charge in [0.15, 0.2) is 6.10 Å². The van der Waals surface area contributed by atoms with E-state index in [1.807, 2.05) is 0 Å². The Kier molecular flexibility index (Phi) is 45.4. The van der Waals surface area contributed by atoms with Gasteiger partial charge in [0.25, 0.3) is 0 Å². The highest BCUT2D eigenvalue weighted by molar-refractivity contribution is 5.71. The molecule has 0 bridgehead atoms. The molecule has 0 aromatic carbocycles. The van der Waals surface area contributed by atoms with Crippen LogP contribution in [0, 0.1) is 0 Å². The van der Waals surface area contributed by atoms with Crippen molar-refractivity contribution in [3.05, 3.63) is 36.5 Å². The Morgan fingerprint density at radius 3 is 1.05 bits per heavy atom. The molecule has 1 unspecified atom stereocenters. The monoisotopic (exact) mass is 815 g/mol. The van der Waals surface area contributed by atoms with Crippen LogP contribution in [0.25, 0.3) is 0 Å². The van der Waals surface area contributed by atoms with Crippen molar-refractivity contribution >= 4 is 17.9 Å². The van der Waals surface area contributed by atoms with E-state index in [0.717, 1.165) is 83.5 Å². The van der Waals surface area contributed by atoms with Crippen LogP contribution in [0.3, 0.4) is 0 Å². The fraction of sp³-hybridized carbons (Fsp3) is 0.827. The van der Waals surface area contributed by atoms with Crippen LogP contribution in [0.5, 0.6) is 0 Å². The van der Waals surface area contributed by atoms with Gasteiger partial charge in [-0.25, -0.2) is 0 Å². The first-order valence-electron chi connectivity index (χ1n) is 25.0. The number of hydrogen-bond acceptors (Lipinski definition) is 6. The summed E-state index contributed by atoms with van der Waals surface area (Å²) in [5.41, 5.74) is 0. The summed E-state index contributed by atoms with van der Waals surface area (Å²) in [6.07, 6.45) is 54.0. The Labute approximate surface area is 359 Å². The van der Waals surface area contributed by atoms with Crippen molar-refractivity contribution in [3.63, 3.8) is 0 Å². The highest BCUT2D eigenvalue weighted by Gasteiger charge is 2.19. The molecule has 0 saturated carbocycles. The fourth-order valence-corrected chi connectivity index (χ4v) is 7.04. The highest BCUT2D eigenvalue weighted by atomic mass is 16.6. The number of carbonyl (C=O) groups is 3. The zero-order chi connectivity index (χ0) is 42.3. The van der Waals surface area contributed by atoms with Gasteiger partial charge in [-0.1, -0.05) is 205 Å². The molecule has 0 aliphatic carbocycles. The normalized spacial score (nSPS) is 12.3. The Balaban J connectivity index is 4.38. The molecule has 0 aromatic rings. The van der Waals surface area contributed by atoms with Crippen molar-refractivity contribution in [2.45, 2.75) is 264 Å². The Morgan fingerprint density at radius 1 is 0.345 bits per heavy atom. The molecule has 6 heteroatoms. The van der Waals surface area contributed by atoms with E-state index in [2.05, 4.69) is 57.2 Å². The van der Waals surface area contributed by atoms with Crippen LogP contribution >= 0.6 is 0 Å². The van der Waals surface area contributed by atoms with Crippen LogP contribution in [0.4, 0.5) is 0 Å². The SMILES string of the molecule is CCCC/C=C\C/C=C\CCCCCCCC(=O)OCC(COC(=O)CCCCCCC/C=C\CCCCC)OC(=O)CCCCCCCCCCCCCCCC. The molecular weight excluding hydrogens is 721 g/mol. The lowest BCUT2D eigenvalue weighted by molar-refractivity contribution is -0.167. The van der Waals surface area contributed by atoms with Crippen molar-refractivity contribution in [2.75, 3.05) is 13.2 Å². The Morgan fingerprint density at radius 2 is 0.638 bits per heavy atom. The molecule has 338 valence electrons. The molecular formula is C52H94O6. The maximum absolute atomic E-state index is 12.8. The van der Waals surface area contributed by atoms with E-state index in [9.17, 15) is 14.4 Å². The van der Waals surface area contributed by atoms with E-state index < -0.39 is 6.10 Å². The number of allylic oxidation sites excluding steroid dienone is 6. The fourth-order valence-electron chi connectivity index (χ4n) is 7.04. The summed E-state index contributed by atoms with van der Waals surface area (Å²) in [5, 5.41) is 0. The van der Waals surface area contributed by atoms with Gasteiger partial charge in [-0.05, 0) is 70.6 Å². The molecule has 0 fully saturated rings. The molecule has 0 heterocycles. The molecule has 6 nitrogen and oxygen atoms in total. The number of unbranched alkanes of at least 4 members (excludes halogenated alkanes) is 28. The zero-order valence-corrected chi connectivity index (χ0v) is 38.6. The van der Waals surface area contributed by atoms with Crippen molar-refractivity contribution < 1.29 is 28.6 Å². The van der Waals surface area contributed by atoms with E-state index in [0.29, 0.717) is 19.3 Å². The van der Waals surface area contributed by atoms with Gasteiger partial charge in [0.2, 0.25) is 0 Å². The molecule has 0 aliphatic rings. The van der Waals surface area contributed by atoms with Crippen molar-refractivity contribution in [3.8, 4) is 0 Å². The van der Waals surface area contributed by atoms with E-state index in [4.69, 9.17) is 14.2 Å². The van der Waals surface area contributed by atoms with Gasteiger partial charge in [-0.2, -0.15) is 0 Å². The van der Waals surface area contributed by atoms with Crippen LogP contribution < -0.4 is 0 Å². The van der Waals surface area contributed by atoms with Crippen LogP contribution in [0.2, 0.25) is 0 Å². The number of carbonyl (C=O) groups excluding carboxylic acids is 3. The number of ether oxygens (including phenoxy) is 3. The van der Waals surface area contributed by atoms with Crippen LogP contribution in [0.15, 0.2) is 36.5 Å². The second-order valence-electron chi connectivity index (χ2n) is 16.7. The smallest absolute Gasteiger partial charge is 0.306 e. The van der Waals surface area contributed by atoms with Crippen molar-refractivity contribution in [1.29, 1.82) is 0 Å². The molecule has 1 atom stereocenters. The third-order valence-electron chi connectivity index (χ3n) is 10.9. The lowest BCUT2D eigenvalue weighted by Crippen LogP contribution is -2.30. The highest BCUT2D eigenvalue weighted by Crippen LogP contribution is 2.15. The van der Waals surface area contributed by atoms with Gasteiger partial charge in [0.05, 0.1) is 0 Å². The van der Waals surface area contributed by atoms with Gasteiger partial charge in [-0.3, -0.25) is 14.4 Å². The molecule has 0 amide bonds. The van der Waals surface area contributed by atoms with Crippen molar-refractivity contribution in [1.82, 2.24) is 0 Å². The minimum atomic E-state index is -0.776. The van der Waals surface area contributed by atoms with E-state index >= 15 is 0 Å². The minimum absolute atomic E-state index is 0.0786. The molecule has 0 rings (SSSR count). The molecule has 0 saturated heterocycles. The third kappa shape index (κ3) is 44.7. The predicted molar refractivity (Wildman–Crippen MR) is 247 cm³/mol. The maximum atomic E-state index is 12.8. The van der Waals surface area contributed by atoms with E-state index in [1.165, 1.54) is 135 Å². The van der Waals surface area contributed by atoms with Crippen LogP contribution in [0.1, 0.15) is 258 Å². The summed E-state index contributed by atoms with van der Waals surface area (Å²) in [4.78, 5) is 37.9. The summed E-state index contributed by atoms with van der Waals surface area (Å²) in [6, 6.07) is 0. The first-order valence-corrected chi connectivity index (χ1v) is 25.0. The maximum Gasteiger partial charge on any atom is 0.306 e. The Hall–Kier alpha value is -2.37. The second-order valence-corrected chi connectivity index (χ2v) is 16.7. The van der Waals surface area contributed by atoms with E-state index in [1.54, 1.807) is 0 Å². The largest absolute Gasteiger partial charge is 0.462 e. The summed E-state index contributed by atoms with van der Waals surface area (Å²) < 4.78 is 16.8. The van der Waals surface area contributed by atoms with Gasteiger partial charge in [0, 0.05) is 19.3 Å².